The molecular formula is C22H27ClN2O3S. The van der Waals surface area contributed by atoms with Gasteiger partial charge in [-0.15, -0.1) is 0 Å². The van der Waals surface area contributed by atoms with Crippen LogP contribution in [-0.4, -0.2) is 31.7 Å². The van der Waals surface area contributed by atoms with E-state index in [2.05, 4.69) is 19.2 Å². The molecule has 1 aliphatic heterocycles. The highest BCUT2D eigenvalue weighted by atomic mass is 35.5. The van der Waals surface area contributed by atoms with E-state index in [0.717, 1.165) is 11.1 Å². The summed E-state index contributed by atoms with van der Waals surface area (Å²) in [6.45, 7) is 5.27. The second kappa shape index (κ2) is 9.28. The maximum atomic E-state index is 12.9. The second-order valence-electron chi connectivity index (χ2n) is 7.75. The third kappa shape index (κ3) is 5.38. The zero-order chi connectivity index (χ0) is 21.0. The van der Waals surface area contributed by atoms with Crippen molar-refractivity contribution < 1.29 is 13.2 Å². The summed E-state index contributed by atoms with van der Waals surface area (Å²) in [5, 5.41) is 3.57. The quantitative estimate of drug-likeness (QED) is 0.741. The Morgan fingerprint density at radius 3 is 2.38 bits per heavy atom. The second-order valence-corrected chi connectivity index (χ2v) is 10.1. The Kier molecular flexibility index (Phi) is 6.98. The number of carbonyl (C=O) groups excluding carboxylic acids is 1. The first kappa shape index (κ1) is 21.8. The van der Waals surface area contributed by atoms with Gasteiger partial charge in [0.1, 0.15) is 0 Å². The van der Waals surface area contributed by atoms with Crippen molar-refractivity contribution in [3.63, 3.8) is 0 Å². The van der Waals surface area contributed by atoms with Crippen molar-refractivity contribution in [2.75, 3.05) is 13.1 Å². The molecule has 0 bridgehead atoms. The number of amides is 1. The number of hydrogen-bond acceptors (Lipinski definition) is 3. The molecule has 29 heavy (non-hydrogen) atoms. The Morgan fingerprint density at radius 1 is 1.14 bits per heavy atom. The number of halogens is 1. The van der Waals surface area contributed by atoms with Crippen LogP contribution >= 0.6 is 11.6 Å². The average Bonchev–Trinajstić information content (AvgIpc) is 2.72. The molecule has 0 radical (unpaired) electrons. The number of nitrogens with one attached hydrogen (secondary N) is 1. The van der Waals surface area contributed by atoms with Gasteiger partial charge in [0.05, 0.1) is 4.90 Å². The van der Waals surface area contributed by atoms with Crippen molar-refractivity contribution in [3.8, 4) is 0 Å². The molecule has 0 aliphatic carbocycles. The van der Waals surface area contributed by atoms with Crippen LogP contribution in [0.1, 0.15) is 43.7 Å². The van der Waals surface area contributed by atoms with E-state index >= 15 is 0 Å². The normalized spacial score (nSPS) is 16.1. The molecule has 1 amide bonds. The molecule has 2 aromatic rings. The van der Waals surface area contributed by atoms with Crippen molar-refractivity contribution in [3.05, 3.63) is 64.7 Å². The first-order valence-electron chi connectivity index (χ1n) is 9.89. The number of sulfonamides is 1. The number of carbonyl (C=O) groups is 1. The van der Waals surface area contributed by atoms with E-state index in [1.54, 1.807) is 18.2 Å². The smallest absolute Gasteiger partial charge is 0.243 e. The largest absolute Gasteiger partial charge is 0.352 e. The number of benzene rings is 2. The third-order valence-electron chi connectivity index (χ3n) is 5.37. The summed E-state index contributed by atoms with van der Waals surface area (Å²) in [7, 11) is -3.53. The van der Waals surface area contributed by atoms with Gasteiger partial charge in [-0.2, -0.15) is 4.31 Å². The van der Waals surface area contributed by atoms with E-state index in [1.165, 1.54) is 4.31 Å². The van der Waals surface area contributed by atoms with E-state index in [0.29, 0.717) is 48.3 Å². The summed E-state index contributed by atoms with van der Waals surface area (Å²) in [5.74, 6) is 0.139. The van der Waals surface area contributed by atoms with Gasteiger partial charge in [-0.3, -0.25) is 4.79 Å². The third-order valence-corrected chi connectivity index (χ3v) is 7.51. The van der Waals surface area contributed by atoms with Crippen LogP contribution in [-0.2, 0) is 21.4 Å². The molecule has 1 N–H and O–H groups in total. The van der Waals surface area contributed by atoms with Crippen molar-refractivity contribution in [1.29, 1.82) is 0 Å². The van der Waals surface area contributed by atoms with Crippen LogP contribution in [0.4, 0.5) is 0 Å². The lowest BCUT2D eigenvalue weighted by molar-refractivity contribution is -0.126. The zero-order valence-electron chi connectivity index (χ0n) is 16.8. The van der Waals surface area contributed by atoms with Crippen LogP contribution in [0.2, 0.25) is 5.02 Å². The summed E-state index contributed by atoms with van der Waals surface area (Å²) in [6, 6.07) is 14.5. The zero-order valence-corrected chi connectivity index (χ0v) is 18.3. The van der Waals surface area contributed by atoms with Crippen molar-refractivity contribution in [1.82, 2.24) is 9.62 Å². The number of nitrogens with zero attached hydrogens (tertiary/aromatic N) is 1. The van der Waals surface area contributed by atoms with Crippen molar-refractivity contribution in [2.45, 2.75) is 44.0 Å². The predicted molar refractivity (Wildman–Crippen MR) is 115 cm³/mol. The van der Waals surface area contributed by atoms with E-state index in [1.807, 2.05) is 30.3 Å². The first-order valence-corrected chi connectivity index (χ1v) is 11.7. The standard InChI is InChI=1S/C22H27ClN2O3S/c1-16(2)18-6-8-21(9-7-18)29(27,28)25-12-10-19(11-13-25)22(26)24-15-17-4-3-5-20(23)14-17/h3-9,14,16,19H,10-13,15H2,1-2H3,(H,24,26). The van der Waals surface area contributed by atoms with Gasteiger partial charge in [0, 0.05) is 30.6 Å². The minimum absolute atomic E-state index is 0.0386. The van der Waals surface area contributed by atoms with Gasteiger partial charge in [-0.05, 0) is 54.2 Å². The van der Waals surface area contributed by atoms with Crippen LogP contribution in [0.3, 0.4) is 0 Å². The minimum atomic E-state index is -3.53. The van der Waals surface area contributed by atoms with Gasteiger partial charge in [0.2, 0.25) is 15.9 Å². The predicted octanol–water partition coefficient (Wildman–Crippen LogP) is 4.18. The fourth-order valence-electron chi connectivity index (χ4n) is 3.51. The number of hydrogen-bond donors (Lipinski definition) is 1. The maximum absolute atomic E-state index is 12.9. The van der Waals surface area contributed by atoms with Crippen LogP contribution in [0, 0.1) is 5.92 Å². The molecule has 1 fully saturated rings. The molecule has 0 saturated carbocycles. The van der Waals surface area contributed by atoms with Crippen LogP contribution in [0.15, 0.2) is 53.4 Å². The Balaban J connectivity index is 1.55. The molecule has 156 valence electrons. The Morgan fingerprint density at radius 2 is 1.79 bits per heavy atom. The van der Waals surface area contributed by atoms with Gasteiger partial charge in [-0.1, -0.05) is 49.7 Å². The monoisotopic (exact) mass is 434 g/mol. The lowest BCUT2D eigenvalue weighted by atomic mass is 9.97. The first-order chi connectivity index (χ1) is 13.8. The minimum Gasteiger partial charge on any atom is -0.352 e. The summed E-state index contributed by atoms with van der Waals surface area (Å²) in [5.41, 5.74) is 2.05. The lowest BCUT2D eigenvalue weighted by Gasteiger charge is -2.30. The fraction of sp³-hybridized carbons (Fsp3) is 0.409. The maximum Gasteiger partial charge on any atom is 0.243 e. The molecule has 3 rings (SSSR count). The molecule has 1 saturated heterocycles. The Bertz CT molecular complexity index is 950. The molecule has 0 spiro atoms. The molecular weight excluding hydrogens is 408 g/mol. The molecule has 5 nitrogen and oxygen atoms in total. The van der Waals surface area contributed by atoms with Gasteiger partial charge < -0.3 is 5.32 Å². The van der Waals surface area contributed by atoms with Crippen LogP contribution < -0.4 is 5.32 Å². The van der Waals surface area contributed by atoms with Crippen molar-refractivity contribution >= 4 is 27.5 Å². The highest BCUT2D eigenvalue weighted by Gasteiger charge is 2.32. The van der Waals surface area contributed by atoms with E-state index in [4.69, 9.17) is 11.6 Å². The van der Waals surface area contributed by atoms with Crippen LogP contribution in [0.25, 0.3) is 0 Å². The fourth-order valence-corrected chi connectivity index (χ4v) is 5.20. The summed E-state index contributed by atoms with van der Waals surface area (Å²) < 4.78 is 27.3. The summed E-state index contributed by atoms with van der Waals surface area (Å²) >= 11 is 5.97. The highest BCUT2D eigenvalue weighted by Crippen LogP contribution is 2.25. The van der Waals surface area contributed by atoms with Gasteiger partial charge in [-0.25, -0.2) is 8.42 Å². The Hall–Kier alpha value is -1.89. The summed E-state index contributed by atoms with van der Waals surface area (Å²) in [4.78, 5) is 12.8. The highest BCUT2D eigenvalue weighted by molar-refractivity contribution is 7.89. The lowest BCUT2D eigenvalue weighted by Crippen LogP contribution is -2.42. The van der Waals surface area contributed by atoms with Crippen molar-refractivity contribution in [2.24, 2.45) is 5.92 Å². The van der Waals surface area contributed by atoms with E-state index in [9.17, 15) is 13.2 Å². The SMILES string of the molecule is CC(C)c1ccc(S(=O)(=O)N2CCC(C(=O)NCc3cccc(Cl)c3)CC2)cc1. The number of rotatable bonds is 6. The molecule has 0 unspecified atom stereocenters. The van der Waals surface area contributed by atoms with Gasteiger partial charge in [0.15, 0.2) is 0 Å². The topological polar surface area (TPSA) is 66.5 Å². The Labute approximate surface area is 178 Å². The average molecular weight is 435 g/mol. The summed E-state index contributed by atoms with van der Waals surface area (Å²) in [6.07, 6.45) is 1.04. The number of piperidine rings is 1. The van der Waals surface area contributed by atoms with Gasteiger partial charge >= 0.3 is 0 Å². The molecule has 0 aromatic heterocycles. The molecule has 1 aliphatic rings. The van der Waals surface area contributed by atoms with Crippen LogP contribution in [0.5, 0.6) is 0 Å². The van der Waals surface area contributed by atoms with Gasteiger partial charge in [0.25, 0.3) is 0 Å². The van der Waals surface area contributed by atoms with E-state index < -0.39 is 10.0 Å². The molecule has 0 atom stereocenters. The molecule has 7 heteroatoms. The molecule has 1 heterocycles. The van der Waals surface area contributed by atoms with E-state index in [-0.39, 0.29) is 11.8 Å². The molecule has 2 aromatic carbocycles.